The fourth-order valence-corrected chi connectivity index (χ4v) is 2.72. The summed E-state index contributed by atoms with van der Waals surface area (Å²) in [6.07, 6.45) is 1.26. The molecule has 4 aromatic heterocycles. The van der Waals surface area contributed by atoms with E-state index in [1.165, 1.54) is 35.3 Å². The summed E-state index contributed by atoms with van der Waals surface area (Å²) in [7, 11) is 0. The summed E-state index contributed by atoms with van der Waals surface area (Å²) in [5.41, 5.74) is 6.06. The molecule has 0 aliphatic rings. The summed E-state index contributed by atoms with van der Waals surface area (Å²) in [6, 6.07) is 7.01. The predicted molar refractivity (Wildman–Crippen MR) is 89.1 cm³/mol. The lowest BCUT2D eigenvalue weighted by molar-refractivity contribution is -0.141. The number of pyridine rings is 2. The maximum Gasteiger partial charge on any atom is 0.433 e. The largest absolute Gasteiger partial charge is 0.433 e. The van der Waals surface area contributed by atoms with Crippen molar-refractivity contribution < 1.29 is 18.0 Å². The van der Waals surface area contributed by atoms with E-state index in [1.54, 1.807) is 22.9 Å². The van der Waals surface area contributed by atoms with Crippen LogP contribution < -0.4 is 5.73 Å². The molecule has 0 aromatic carbocycles. The molecular weight excluding hydrogens is 361 g/mol. The zero-order valence-electron chi connectivity index (χ0n) is 13.6. The number of hydrogen-bond donors (Lipinski definition) is 1. The van der Waals surface area contributed by atoms with Crippen LogP contribution in [0.3, 0.4) is 0 Å². The van der Waals surface area contributed by atoms with Gasteiger partial charge in [-0.2, -0.15) is 13.2 Å². The highest BCUT2D eigenvalue weighted by atomic mass is 19.4. The molecule has 0 saturated carbocycles. The Balaban J connectivity index is 1.84. The smallest absolute Gasteiger partial charge is 0.364 e. The monoisotopic (exact) mass is 372 g/mol. The van der Waals surface area contributed by atoms with Gasteiger partial charge in [0.25, 0.3) is 5.91 Å². The average molecular weight is 372 g/mol. The summed E-state index contributed by atoms with van der Waals surface area (Å²) < 4.78 is 41.9. The number of nitrogens with two attached hydrogens (primary N) is 1. The highest BCUT2D eigenvalue weighted by Crippen LogP contribution is 2.30. The summed E-state index contributed by atoms with van der Waals surface area (Å²) >= 11 is 0. The number of halogens is 3. The van der Waals surface area contributed by atoms with E-state index in [1.807, 2.05) is 0 Å². The normalized spacial score (nSPS) is 11.8. The molecule has 7 nitrogen and oxygen atoms in total. The van der Waals surface area contributed by atoms with Crippen LogP contribution in [0.1, 0.15) is 16.2 Å². The Kier molecular flexibility index (Phi) is 3.69. The van der Waals surface area contributed by atoms with E-state index in [4.69, 9.17) is 5.73 Å². The van der Waals surface area contributed by atoms with Gasteiger partial charge in [-0.1, -0.05) is 6.07 Å². The number of nitrogens with zero attached hydrogens (tertiary/aromatic N) is 5. The van der Waals surface area contributed by atoms with E-state index < -0.39 is 17.8 Å². The lowest BCUT2D eigenvalue weighted by atomic mass is 10.2. The third kappa shape index (κ3) is 2.90. The number of imidazole rings is 2. The summed E-state index contributed by atoms with van der Waals surface area (Å²) in [5, 5.41) is 0. The molecule has 0 bridgehead atoms. The number of amides is 1. The fraction of sp³-hybridized carbons (Fsp3) is 0.0588. The maximum absolute atomic E-state index is 13.0. The van der Waals surface area contributed by atoms with Gasteiger partial charge >= 0.3 is 6.18 Å². The Morgan fingerprint density at radius 2 is 1.93 bits per heavy atom. The first-order valence-corrected chi connectivity index (χ1v) is 7.69. The van der Waals surface area contributed by atoms with Crippen LogP contribution in [-0.2, 0) is 6.18 Å². The van der Waals surface area contributed by atoms with Crippen LogP contribution in [0.5, 0.6) is 0 Å². The van der Waals surface area contributed by atoms with Crippen molar-refractivity contribution in [3.05, 3.63) is 66.6 Å². The lowest BCUT2D eigenvalue weighted by Gasteiger charge is -2.11. The number of primary amides is 1. The van der Waals surface area contributed by atoms with Gasteiger partial charge in [0.05, 0.1) is 35.8 Å². The lowest BCUT2D eigenvalue weighted by Crippen LogP contribution is -2.13. The molecule has 0 saturated heterocycles. The number of fused-ring (bicyclic) bond motifs is 1. The molecule has 0 spiro atoms. The van der Waals surface area contributed by atoms with Crippen molar-refractivity contribution in [3.63, 3.8) is 0 Å². The van der Waals surface area contributed by atoms with Gasteiger partial charge in [0.15, 0.2) is 0 Å². The van der Waals surface area contributed by atoms with Crippen LogP contribution >= 0.6 is 0 Å². The SMILES string of the molecule is NC(=O)c1cnc2ccc(-n3cncc3-c3cccc(C(F)(F)F)n3)cn12. The second-order valence-electron chi connectivity index (χ2n) is 5.68. The highest BCUT2D eigenvalue weighted by molar-refractivity contribution is 5.91. The molecule has 27 heavy (non-hydrogen) atoms. The number of carbonyl (C=O) groups excluding carboxylic acids is 1. The molecule has 0 aliphatic heterocycles. The van der Waals surface area contributed by atoms with Gasteiger partial charge in [-0.15, -0.1) is 0 Å². The van der Waals surface area contributed by atoms with Gasteiger partial charge < -0.3 is 5.73 Å². The van der Waals surface area contributed by atoms with Gasteiger partial charge in [-0.25, -0.2) is 15.0 Å². The van der Waals surface area contributed by atoms with E-state index in [0.29, 0.717) is 17.0 Å². The van der Waals surface area contributed by atoms with E-state index in [2.05, 4.69) is 15.0 Å². The first kappa shape index (κ1) is 16.8. The van der Waals surface area contributed by atoms with Crippen LogP contribution in [0.2, 0.25) is 0 Å². The van der Waals surface area contributed by atoms with E-state index in [0.717, 1.165) is 6.07 Å². The molecule has 0 atom stereocenters. The molecule has 1 amide bonds. The molecule has 4 rings (SSSR count). The van der Waals surface area contributed by atoms with Crippen LogP contribution in [0.4, 0.5) is 13.2 Å². The summed E-state index contributed by atoms with van der Waals surface area (Å²) in [5.74, 6) is -0.648. The van der Waals surface area contributed by atoms with Crippen molar-refractivity contribution in [1.82, 2.24) is 23.9 Å². The molecule has 2 N–H and O–H groups in total. The predicted octanol–water partition coefficient (Wildman–Crippen LogP) is 2.70. The summed E-state index contributed by atoms with van der Waals surface area (Å²) in [6.45, 7) is 0. The molecule has 10 heteroatoms. The Bertz CT molecular complexity index is 1160. The molecule has 0 radical (unpaired) electrons. The van der Waals surface area contributed by atoms with Gasteiger partial charge in [-0.3, -0.25) is 13.8 Å². The van der Waals surface area contributed by atoms with Crippen LogP contribution in [0, 0.1) is 0 Å². The molecular formula is C17H11F3N6O. The quantitative estimate of drug-likeness (QED) is 0.599. The van der Waals surface area contributed by atoms with E-state index >= 15 is 0 Å². The summed E-state index contributed by atoms with van der Waals surface area (Å²) in [4.78, 5) is 23.3. The Hall–Kier alpha value is -3.69. The van der Waals surface area contributed by atoms with Crippen LogP contribution in [-0.4, -0.2) is 29.8 Å². The zero-order valence-corrected chi connectivity index (χ0v) is 13.6. The standard InChI is InChI=1S/C17H11F3N6O/c18-17(19,20)14-3-1-2-11(24-14)12-6-22-9-26(12)10-4-5-15-23-7-13(16(21)27)25(15)8-10/h1-9H,(H2,21,27). The van der Waals surface area contributed by atoms with Crippen molar-refractivity contribution in [3.8, 4) is 17.1 Å². The number of aromatic nitrogens is 5. The minimum Gasteiger partial charge on any atom is -0.364 e. The third-order valence-electron chi connectivity index (χ3n) is 3.96. The van der Waals surface area contributed by atoms with Gasteiger partial charge in [0.2, 0.25) is 0 Å². The van der Waals surface area contributed by atoms with E-state index in [9.17, 15) is 18.0 Å². The minimum absolute atomic E-state index is 0.114. The second kappa shape index (κ2) is 5.94. The molecule has 4 aromatic rings. The molecule has 4 heterocycles. The third-order valence-corrected chi connectivity index (χ3v) is 3.96. The van der Waals surface area contributed by atoms with Crippen molar-refractivity contribution >= 4 is 11.6 Å². The number of hydrogen-bond acceptors (Lipinski definition) is 4. The Morgan fingerprint density at radius 3 is 2.67 bits per heavy atom. The van der Waals surface area contributed by atoms with Crippen molar-refractivity contribution in [2.45, 2.75) is 6.18 Å². The highest BCUT2D eigenvalue weighted by Gasteiger charge is 2.32. The number of alkyl halides is 3. The van der Waals surface area contributed by atoms with Gasteiger partial charge in [0, 0.05) is 6.20 Å². The minimum atomic E-state index is -4.55. The van der Waals surface area contributed by atoms with Crippen molar-refractivity contribution in [1.29, 1.82) is 0 Å². The van der Waals surface area contributed by atoms with Gasteiger partial charge in [0.1, 0.15) is 17.0 Å². The molecule has 0 aliphatic carbocycles. The maximum atomic E-state index is 13.0. The molecule has 0 fully saturated rings. The Labute approximate surface area is 149 Å². The van der Waals surface area contributed by atoms with Crippen molar-refractivity contribution in [2.24, 2.45) is 5.73 Å². The number of carbonyl (C=O) groups is 1. The van der Waals surface area contributed by atoms with Crippen LogP contribution in [0.15, 0.2) is 55.2 Å². The molecule has 136 valence electrons. The topological polar surface area (TPSA) is 91.1 Å². The van der Waals surface area contributed by atoms with E-state index in [-0.39, 0.29) is 11.4 Å². The van der Waals surface area contributed by atoms with Gasteiger partial charge in [-0.05, 0) is 24.3 Å². The van der Waals surface area contributed by atoms with Crippen molar-refractivity contribution in [2.75, 3.05) is 0 Å². The first-order valence-electron chi connectivity index (χ1n) is 7.69. The first-order chi connectivity index (χ1) is 12.8. The fourth-order valence-electron chi connectivity index (χ4n) is 2.72. The Morgan fingerprint density at radius 1 is 1.11 bits per heavy atom. The number of rotatable bonds is 3. The second-order valence-corrected chi connectivity index (χ2v) is 5.68. The zero-order chi connectivity index (χ0) is 19.2. The molecule has 0 unspecified atom stereocenters. The van der Waals surface area contributed by atoms with Crippen LogP contribution in [0.25, 0.3) is 22.7 Å². The average Bonchev–Trinajstić information content (AvgIpc) is 3.27.